The Morgan fingerprint density at radius 3 is 2.58 bits per heavy atom. The van der Waals surface area contributed by atoms with Gasteiger partial charge in [-0.3, -0.25) is 9.36 Å². The van der Waals surface area contributed by atoms with E-state index in [1.807, 2.05) is 54.1 Å². The number of hydrogen-bond donors (Lipinski definition) is 2. The number of benzene rings is 2. The van der Waals surface area contributed by atoms with E-state index in [0.29, 0.717) is 22.8 Å². The summed E-state index contributed by atoms with van der Waals surface area (Å²) in [5.41, 5.74) is 2.67. The Bertz CT molecular complexity index is 1390. The average Bonchev–Trinajstić information content (AvgIpc) is 3.53. The molecule has 0 aliphatic heterocycles. The number of nitrogens with one attached hydrogen (secondary N) is 2. The third kappa shape index (κ3) is 4.42. The molecule has 0 saturated heterocycles. The van der Waals surface area contributed by atoms with Gasteiger partial charge in [0.1, 0.15) is 30.1 Å². The van der Waals surface area contributed by atoms with Gasteiger partial charge in [-0.15, -0.1) is 5.10 Å². The third-order valence-electron chi connectivity index (χ3n) is 4.86. The van der Waals surface area contributed by atoms with Crippen LogP contribution in [0.5, 0.6) is 0 Å². The zero-order valence-corrected chi connectivity index (χ0v) is 17.5. The molecular weight excluding hydrogens is 420 g/mol. The molecule has 0 fully saturated rings. The summed E-state index contributed by atoms with van der Waals surface area (Å²) in [6.45, 7) is 1.91. The van der Waals surface area contributed by atoms with Crippen molar-refractivity contribution < 1.29 is 4.79 Å². The lowest BCUT2D eigenvalue weighted by atomic mass is 10.2. The Morgan fingerprint density at radius 1 is 0.970 bits per heavy atom. The van der Waals surface area contributed by atoms with Crippen molar-refractivity contribution in [2.45, 2.75) is 6.92 Å². The van der Waals surface area contributed by atoms with Crippen molar-refractivity contribution in [2.75, 3.05) is 10.6 Å². The number of anilines is 3. The van der Waals surface area contributed by atoms with Crippen molar-refractivity contribution in [3.05, 3.63) is 91.0 Å². The highest BCUT2D eigenvalue weighted by Crippen LogP contribution is 2.20. The van der Waals surface area contributed by atoms with Crippen LogP contribution in [0.25, 0.3) is 11.5 Å². The van der Waals surface area contributed by atoms with Crippen LogP contribution in [-0.2, 0) is 0 Å². The van der Waals surface area contributed by atoms with Gasteiger partial charge in [0.25, 0.3) is 5.91 Å². The number of nitrogens with zero attached hydrogens (tertiary/aromatic N) is 8. The monoisotopic (exact) mass is 438 g/mol. The summed E-state index contributed by atoms with van der Waals surface area (Å²) in [5.74, 6) is 1.96. The maximum atomic E-state index is 12.7. The molecule has 11 heteroatoms. The van der Waals surface area contributed by atoms with Crippen LogP contribution in [0.3, 0.4) is 0 Å². The largest absolute Gasteiger partial charge is 0.340 e. The van der Waals surface area contributed by atoms with Crippen molar-refractivity contribution in [1.29, 1.82) is 0 Å². The van der Waals surface area contributed by atoms with Gasteiger partial charge < -0.3 is 10.6 Å². The Balaban J connectivity index is 1.26. The molecule has 0 aliphatic rings. The minimum Gasteiger partial charge on any atom is -0.340 e. The number of aryl methyl sites for hydroxylation is 1. The van der Waals surface area contributed by atoms with Crippen LogP contribution in [0.2, 0.25) is 0 Å². The SMILES string of the molecule is Cc1nccn1-c1cc(Nc2ccc(NC(=O)c3cccc(-n4cnnn4)c3)cc2)ncn1. The first kappa shape index (κ1) is 20.0. The molecule has 33 heavy (non-hydrogen) atoms. The van der Waals surface area contributed by atoms with E-state index < -0.39 is 0 Å². The van der Waals surface area contributed by atoms with E-state index >= 15 is 0 Å². The molecule has 0 unspecified atom stereocenters. The van der Waals surface area contributed by atoms with Crippen molar-refractivity contribution in [3.63, 3.8) is 0 Å². The predicted octanol–water partition coefficient (Wildman–Crippen LogP) is 2.94. The summed E-state index contributed by atoms with van der Waals surface area (Å²) < 4.78 is 3.36. The van der Waals surface area contributed by atoms with E-state index in [4.69, 9.17) is 0 Å². The fourth-order valence-corrected chi connectivity index (χ4v) is 3.22. The molecule has 0 bridgehead atoms. The second-order valence-electron chi connectivity index (χ2n) is 7.07. The number of hydrogen-bond acceptors (Lipinski definition) is 8. The van der Waals surface area contributed by atoms with Crippen LogP contribution >= 0.6 is 0 Å². The molecule has 3 heterocycles. The molecule has 0 spiro atoms. The van der Waals surface area contributed by atoms with Gasteiger partial charge in [-0.25, -0.2) is 19.6 Å². The van der Waals surface area contributed by atoms with Crippen molar-refractivity contribution in [1.82, 2.24) is 39.7 Å². The topological polar surface area (TPSA) is 128 Å². The van der Waals surface area contributed by atoms with Crippen LogP contribution in [0.1, 0.15) is 16.2 Å². The van der Waals surface area contributed by atoms with Crippen LogP contribution in [0.15, 0.2) is 79.6 Å². The van der Waals surface area contributed by atoms with Gasteiger partial charge in [-0.05, 0) is 59.8 Å². The van der Waals surface area contributed by atoms with Gasteiger partial charge in [-0.1, -0.05) is 6.07 Å². The van der Waals surface area contributed by atoms with Gasteiger partial charge in [0, 0.05) is 35.4 Å². The first-order valence-corrected chi connectivity index (χ1v) is 10.00. The molecule has 0 saturated carbocycles. The Hall–Kier alpha value is -4.93. The maximum Gasteiger partial charge on any atom is 0.255 e. The number of imidazole rings is 1. The number of amides is 1. The van der Waals surface area contributed by atoms with Gasteiger partial charge in [0.15, 0.2) is 0 Å². The van der Waals surface area contributed by atoms with Crippen LogP contribution < -0.4 is 10.6 Å². The molecule has 0 atom stereocenters. The maximum absolute atomic E-state index is 12.7. The minimum atomic E-state index is -0.234. The third-order valence-corrected chi connectivity index (χ3v) is 4.86. The molecule has 3 aromatic heterocycles. The quantitative estimate of drug-likeness (QED) is 0.414. The molecule has 0 radical (unpaired) electrons. The van der Waals surface area contributed by atoms with E-state index in [2.05, 4.69) is 41.1 Å². The van der Waals surface area contributed by atoms with Gasteiger partial charge in [0.05, 0.1) is 5.69 Å². The van der Waals surface area contributed by atoms with E-state index in [0.717, 1.165) is 17.3 Å². The zero-order chi connectivity index (χ0) is 22.6. The fourth-order valence-electron chi connectivity index (χ4n) is 3.22. The van der Waals surface area contributed by atoms with E-state index in [1.54, 1.807) is 24.4 Å². The smallest absolute Gasteiger partial charge is 0.255 e. The summed E-state index contributed by atoms with van der Waals surface area (Å²) in [6, 6.07) is 16.2. The molecule has 11 nitrogen and oxygen atoms in total. The first-order valence-electron chi connectivity index (χ1n) is 10.00. The first-order chi connectivity index (χ1) is 16.2. The number of carbonyl (C=O) groups excluding carboxylic acids is 1. The van der Waals surface area contributed by atoms with E-state index in [1.165, 1.54) is 17.3 Å². The summed E-state index contributed by atoms with van der Waals surface area (Å²) in [7, 11) is 0. The summed E-state index contributed by atoms with van der Waals surface area (Å²) in [5, 5.41) is 17.2. The second kappa shape index (κ2) is 8.67. The predicted molar refractivity (Wildman–Crippen MR) is 121 cm³/mol. The molecule has 5 rings (SSSR count). The molecule has 162 valence electrons. The van der Waals surface area contributed by atoms with Crippen LogP contribution in [-0.4, -0.2) is 45.6 Å². The van der Waals surface area contributed by atoms with E-state index in [-0.39, 0.29) is 5.91 Å². The molecule has 2 aromatic carbocycles. The second-order valence-corrected chi connectivity index (χ2v) is 7.07. The molecule has 2 N–H and O–H groups in total. The molecular formula is C22H18N10O. The summed E-state index contributed by atoms with van der Waals surface area (Å²) in [6.07, 6.45) is 6.53. The highest BCUT2D eigenvalue weighted by Gasteiger charge is 2.09. The number of aromatic nitrogens is 8. The number of tetrazole rings is 1. The summed E-state index contributed by atoms with van der Waals surface area (Å²) >= 11 is 0. The van der Waals surface area contributed by atoms with Crippen LogP contribution in [0, 0.1) is 6.92 Å². The number of carbonyl (C=O) groups is 1. The lowest BCUT2D eigenvalue weighted by Crippen LogP contribution is -2.12. The van der Waals surface area contributed by atoms with Crippen LogP contribution in [0.4, 0.5) is 17.2 Å². The van der Waals surface area contributed by atoms with Gasteiger partial charge >= 0.3 is 0 Å². The molecule has 5 aromatic rings. The lowest BCUT2D eigenvalue weighted by Gasteiger charge is -2.10. The Kier molecular flexibility index (Phi) is 5.25. The van der Waals surface area contributed by atoms with Gasteiger partial charge in [0.2, 0.25) is 0 Å². The zero-order valence-electron chi connectivity index (χ0n) is 17.5. The van der Waals surface area contributed by atoms with Crippen molar-refractivity contribution in [2.24, 2.45) is 0 Å². The highest BCUT2D eigenvalue weighted by molar-refractivity contribution is 6.04. The van der Waals surface area contributed by atoms with Crippen molar-refractivity contribution >= 4 is 23.1 Å². The van der Waals surface area contributed by atoms with Crippen molar-refractivity contribution in [3.8, 4) is 11.5 Å². The molecule has 1 amide bonds. The van der Waals surface area contributed by atoms with Gasteiger partial charge in [-0.2, -0.15) is 0 Å². The van der Waals surface area contributed by atoms with E-state index in [9.17, 15) is 4.79 Å². The standard InChI is InChI=1S/C22H18N10O/c1-15-23-9-10-31(15)21-12-20(24-13-25-21)27-17-5-7-18(8-6-17)28-22(33)16-3-2-4-19(11-16)32-14-26-29-30-32/h2-14H,1H3,(H,28,33)(H,24,25,27). The summed E-state index contributed by atoms with van der Waals surface area (Å²) in [4.78, 5) is 25.5. The average molecular weight is 438 g/mol. The Labute approximate surface area is 188 Å². The Morgan fingerprint density at radius 2 is 1.82 bits per heavy atom. The lowest BCUT2D eigenvalue weighted by molar-refractivity contribution is 0.102. The fraction of sp³-hybridized carbons (Fsp3) is 0.0455. The normalized spacial score (nSPS) is 10.7. The number of rotatable bonds is 6. The highest BCUT2D eigenvalue weighted by atomic mass is 16.1. The minimum absolute atomic E-state index is 0.234. The molecule has 0 aliphatic carbocycles.